The van der Waals surface area contributed by atoms with Crippen LogP contribution in [0.25, 0.3) is 0 Å². The van der Waals surface area contributed by atoms with Crippen molar-refractivity contribution in [2.45, 2.75) is 32.8 Å². The molecule has 0 spiro atoms. The number of aliphatic hydroxyl groups excluding tert-OH is 1. The Morgan fingerprint density at radius 2 is 1.90 bits per heavy atom. The third kappa shape index (κ3) is 8.74. The van der Waals surface area contributed by atoms with Crippen molar-refractivity contribution in [3.63, 3.8) is 0 Å². The minimum absolute atomic E-state index is 0.0722. The van der Waals surface area contributed by atoms with Crippen LogP contribution in [0.15, 0.2) is 0 Å². The van der Waals surface area contributed by atoms with Crippen LogP contribution in [0.5, 0.6) is 0 Å². The van der Waals surface area contributed by atoms with Crippen LogP contribution in [-0.2, 0) is 23.9 Å². The van der Waals surface area contributed by atoms with E-state index in [4.69, 9.17) is 9.84 Å². The van der Waals surface area contributed by atoms with Gasteiger partial charge in [-0.25, -0.2) is 0 Å². The van der Waals surface area contributed by atoms with Gasteiger partial charge in [-0.1, -0.05) is 0 Å². The molecular formula is C13H22N2O6. The molecule has 0 fully saturated rings. The number of carbonyl (C=O) groups excluding carboxylic acids is 4. The highest BCUT2D eigenvalue weighted by Gasteiger charge is 2.15. The molecule has 0 aromatic rings. The Hall–Kier alpha value is -1.96. The highest BCUT2D eigenvalue weighted by Crippen LogP contribution is 1.95. The zero-order chi connectivity index (χ0) is 16.4. The van der Waals surface area contributed by atoms with Crippen LogP contribution in [0.2, 0.25) is 0 Å². The van der Waals surface area contributed by atoms with E-state index in [1.165, 1.54) is 20.9 Å². The predicted molar refractivity (Wildman–Crippen MR) is 73.2 cm³/mol. The standard InChI is InChI=1S/C13H22N2O6/c1-9(21-10(2)17)13(20)14-6-4-5-11(18)7-15(3)12(19)8-16/h9,16H,4-8H2,1-3H3,(H,14,20)/t9-/m0/s1. The van der Waals surface area contributed by atoms with E-state index in [2.05, 4.69) is 5.32 Å². The number of likely N-dealkylation sites (N-methyl/N-ethyl adjacent to an activating group) is 1. The molecule has 0 aliphatic carbocycles. The predicted octanol–water partition coefficient (Wildman–Crippen LogP) is -1.15. The molecule has 0 rings (SSSR count). The highest BCUT2D eigenvalue weighted by atomic mass is 16.5. The van der Waals surface area contributed by atoms with Crippen LogP contribution in [-0.4, -0.2) is 66.4 Å². The van der Waals surface area contributed by atoms with Gasteiger partial charge in [0.15, 0.2) is 11.9 Å². The van der Waals surface area contributed by atoms with Gasteiger partial charge in [-0.05, 0) is 13.3 Å². The van der Waals surface area contributed by atoms with Crippen molar-refractivity contribution in [3.8, 4) is 0 Å². The van der Waals surface area contributed by atoms with Crippen molar-refractivity contribution < 1.29 is 29.0 Å². The van der Waals surface area contributed by atoms with E-state index >= 15 is 0 Å². The number of nitrogens with one attached hydrogen (secondary N) is 1. The Bertz CT molecular complexity index is 396. The smallest absolute Gasteiger partial charge is 0.303 e. The van der Waals surface area contributed by atoms with Crippen molar-refractivity contribution >= 4 is 23.6 Å². The van der Waals surface area contributed by atoms with Crippen molar-refractivity contribution in [3.05, 3.63) is 0 Å². The Kier molecular flexibility index (Phi) is 8.95. The fraction of sp³-hybridized carbons (Fsp3) is 0.692. The molecule has 0 aliphatic heterocycles. The van der Waals surface area contributed by atoms with Crippen molar-refractivity contribution in [1.82, 2.24) is 10.2 Å². The number of esters is 1. The summed E-state index contributed by atoms with van der Waals surface area (Å²) in [6, 6.07) is 0. The average molecular weight is 302 g/mol. The molecule has 2 amide bonds. The molecule has 0 heterocycles. The third-order valence-electron chi connectivity index (χ3n) is 2.62. The minimum atomic E-state index is -0.869. The monoisotopic (exact) mass is 302 g/mol. The number of rotatable bonds is 9. The lowest BCUT2D eigenvalue weighted by Crippen LogP contribution is -2.36. The average Bonchev–Trinajstić information content (AvgIpc) is 2.41. The van der Waals surface area contributed by atoms with Gasteiger partial charge in [0.2, 0.25) is 5.91 Å². The van der Waals surface area contributed by atoms with Crippen LogP contribution >= 0.6 is 0 Å². The SMILES string of the molecule is CC(=O)O[C@@H](C)C(=O)NCCCC(=O)CN(C)C(=O)CO. The third-order valence-corrected chi connectivity index (χ3v) is 2.62. The zero-order valence-electron chi connectivity index (χ0n) is 12.5. The Morgan fingerprint density at radius 3 is 2.43 bits per heavy atom. The van der Waals surface area contributed by atoms with Crippen molar-refractivity contribution in [2.24, 2.45) is 0 Å². The molecule has 8 heteroatoms. The van der Waals surface area contributed by atoms with Gasteiger partial charge in [0.1, 0.15) is 6.61 Å². The van der Waals surface area contributed by atoms with E-state index < -0.39 is 30.5 Å². The highest BCUT2D eigenvalue weighted by molar-refractivity contribution is 5.86. The molecular weight excluding hydrogens is 280 g/mol. The van der Waals surface area contributed by atoms with Crippen LogP contribution in [0.4, 0.5) is 0 Å². The van der Waals surface area contributed by atoms with Crippen LogP contribution in [0.1, 0.15) is 26.7 Å². The van der Waals surface area contributed by atoms with Gasteiger partial charge < -0.3 is 20.1 Å². The maximum absolute atomic E-state index is 11.5. The van der Waals surface area contributed by atoms with Gasteiger partial charge >= 0.3 is 5.97 Å². The first kappa shape index (κ1) is 19.0. The molecule has 2 N–H and O–H groups in total. The molecule has 0 saturated carbocycles. The summed E-state index contributed by atoms with van der Waals surface area (Å²) in [5.41, 5.74) is 0. The molecule has 0 aliphatic rings. The summed E-state index contributed by atoms with van der Waals surface area (Å²) in [5.74, 6) is -1.65. The number of amides is 2. The second-order valence-corrected chi connectivity index (χ2v) is 4.59. The lowest BCUT2D eigenvalue weighted by Gasteiger charge is -2.15. The molecule has 1 atom stereocenters. The van der Waals surface area contributed by atoms with Gasteiger partial charge in [0.05, 0.1) is 6.54 Å². The van der Waals surface area contributed by atoms with Gasteiger partial charge in [-0.2, -0.15) is 0 Å². The summed E-state index contributed by atoms with van der Waals surface area (Å²) >= 11 is 0. The lowest BCUT2D eigenvalue weighted by molar-refractivity contribution is -0.152. The van der Waals surface area contributed by atoms with Gasteiger partial charge in [-0.3, -0.25) is 19.2 Å². The van der Waals surface area contributed by atoms with E-state index in [9.17, 15) is 19.2 Å². The Labute approximate surface area is 123 Å². The molecule has 0 aromatic carbocycles. The van der Waals surface area contributed by atoms with Crippen molar-refractivity contribution in [2.75, 3.05) is 26.7 Å². The van der Waals surface area contributed by atoms with Gasteiger partial charge in [-0.15, -0.1) is 0 Å². The molecule has 0 aromatic heterocycles. The number of aliphatic hydroxyl groups is 1. The molecule has 0 unspecified atom stereocenters. The summed E-state index contributed by atoms with van der Waals surface area (Å²) in [6.07, 6.45) is -0.254. The summed E-state index contributed by atoms with van der Waals surface area (Å²) < 4.78 is 4.70. The van der Waals surface area contributed by atoms with Crippen molar-refractivity contribution in [1.29, 1.82) is 0 Å². The van der Waals surface area contributed by atoms with E-state index in [1.54, 1.807) is 0 Å². The summed E-state index contributed by atoms with van der Waals surface area (Å²) in [7, 11) is 1.43. The van der Waals surface area contributed by atoms with E-state index in [0.717, 1.165) is 4.90 Å². The second kappa shape index (κ2) is 9.87. The lowest BCUT2D eigenvalue weighted by atomic mass is 10.2. The second-order valence-electron chi connectivity index (χ2n) is 4.59. The first-order valence-electron chi connectivity index (χ1n) is 6.59. The van der Waals surface area contributed by atoms with E-state index in [-0.39, 0.29) is 25.3 Å². The Balaban J connectivity index is 3.85. The Morgan fingerprint density at radius 1 is 1.29 bits per heavy atom. The van der Waals surface area contributed by atoms with Crippen LogP contribution < -0.4 is 5.32 Å². The number of carbonyl (C=O) groups is 4. The summed E-state index contributed by atoms with van der Waals surface area (Å²) in [6.45, 7) is 2.24. The molecule has 0 radical (unpaired) electrons. The largest absolute Gasteiger partial charge is 0.453 e. The first-order chi connectivity index (χ1) is 9.77. The maximum atomic E-state index is 11.5. The number of ether oxygens (including phenoxy) is 1. The van der Waals surface area contributed by atoms with E-state index in [1.807, 2.05) is 0 Å². The number of nitrogens with zero attached hydrogens (tertiary/aromatic N) is 1. The quantitative estimate of drug-likeness (QED) is 0.411. The molecule has 0 bridgehead atoms. The number of Topliss-reactive ketones (excluding diaryl/α,β-unsaturated/α-hetero) is 1. The normalized spacial score (nSPS) is 11.4. The summed E-state index contributed by atoms with van der Waals surface area (Å²) in [5, 5.41) is 11.2. The molecule has 120 valence electrons. The zero-order valence-corrected chi connectivity index (χ0v) is 12.5. The van der Waals surface area contributed by atoms with Gasteiger partial charge in [0.25, 0.3) is 5.91 Å². The fourth-order valence-electron chi connectivity index (χ4n) is 1.50. The number of hydrogen-bond donors (Lipinski definition) is 2. The van der Waals surface area contributed by atoms with Gasteiger partial charge in [0, 0.05) is 26.9 Å². The van der Waals surface area contributed by atoms with E-state index in [0.29, 0.717) is 6.42 Å². The molecule has 8 nitrogen and oxygen atoms in total. The first-order valence-corrected chi connectivity index (χ1v) is 6.59. The minimum Gasteiger partial charge on any atom is -0.453 e. The summed E-state index contributed by atoms with van der Waals surface area (Å²) in [4.78, 5) is 45.9. The number of hydrogen-bond acceptors (Lipinski definition) is 6. The van der Waals surface area contributed by atoms with Crippen LogP contribution in [0.3, 0.4) is 0 Å². The topological polar surface area (TPSA) is 113 Å². The van der Waals surface area contributed by atoms with Crippen LogP contribution in [0, 0.1) is 0 Å². The fourth-order valence-corrected chi connectivity index (χ4v) is 1.50. The maximum Gasteiger partial charge on any atom is 0.303 e. The molecule has 0 saturated heterocycles. The number of ketones is 1. The molecule has 21 heavy (non-hydrogen) atoms.